The van der Waals surface area contributed by atoms with Gasteiger partial charge in [-0.3, -0.25) is 0 Å². The molecule has 198 valence electrons. The standard InChI is InChI=1S/C40H28N2/c1-41-35-20-18-32-31(39(35)33-16-14-29(23-37(33)41)25-8-4-3-5-9-25)19-21-36-40(32)34-17-15-30(24-38(34)42(36)2)28-13-12-26-10-6-7-11-27(26)22-28/h3-24H,1-2H3. The van der Waals surface area contributed by atoms with Crippen LogP contribution in [-0.4, -0.2) is 9.13 Å². The van der Waals surface area contributed by atoms with Crippen LogP contribution in [0.3, 0.4) is 0 Å². The molecule has 0 radical (unpaired) electrons. The van der Waals surface area contributed by atoms with Crippen LogP contribution in [0.2, 0.25) is 0 Å². The van der Waals surface area contributed by atoms with Crippen molar-refractivity contribution in [1.82, 2.24) is 9.13 Å². The quantitative estimate of drug-likeness (QED) is 0.208. The molecule has 0 saturated carbocycles. The first-order valence-electron chi connectivity index (χ1n) is 14.6. The van der Waals surface area contributed by atoms with E-state index in [2.05, 4.69) is 157 Å². The number of rotatable bonds is 2. The van der Waals surface area contributed by atoms with E-state index in [4.69, 9.17) is 0 Å². The Labute approximate surface area is 243 Å². The van der Waals surface area contributed by atoms with Gasteiger partial charge in [0, 0.05) is 57.7 Å². The molecule has 0 aliphatic rings. The molecule has 0 atom stereocenters. The molecule has 0 amide bonds. The summed E-state index contributed by atoms with van der Waals surface area (Å²) in [6.45, 7) is 0. The topological polar surface area (TPSA) is 9.86 Å². The zero-order chi connectivity index (χ0) is 27.9. The van der Waals surface area contributed by atoms with Crippen LogP contribution < -0.4 is 0 Å². The second-order valence-corrected chi connectivity index (χ2v) is 11.5. The number of hydrogen-bond acceptors (Lipinski definition) is 0. The van der Waals surface area contributed by atoms with Crippen LogP contribution in [-0.2, 0) is 14.1 Å². The van der Waals surface area contributed by atoms with E-state index in [1.54, 1.807) is 0 Å². The van der Waals surface area contributed by atoms with Crippen molar-refractivity contribution in [3.63, 3.8) is 0 Å². The molecule has 0 spiro atoms. The molecule has 9 aromatic rings. The van der Waals surface area contributed by atoms with Gasteiger partial charge in [-0.2, -0.15) is 0 Å². The molecule has 0 unspecified atom stereocenters. The summed E-state index contributed by atoms with van der Waals surface area (Å²) in [6.07, 6.45) is 0. The Morgan fingerprint density at radius 3 is 1.43 bits per heavy atom. The summed E-state index contributed by atoms with van der Waals surface area (Å²) >= 11 is 0. The lowest BCUT2D eigenvalue weighted by atomic mass is 9.97. The van der Waals surface area contributed by atoms with Gasteiger partial charge < -0.3 is 9.13 Å². The summed E-state index contributed by atoms with van der Waals surface area (Å²) in [5, 5.41) is 10.4. The lowest BCUT2D eigenvalue weighted by Gasteiger charge is -2.06. The molecule has 0 bridgehead atoms. The first-order chi connectivity index (χ1) is 20.7. The molecule has 2 nitrogen and oxygen atoms in total. The smallest absolute Gasteiger partial charge is 0.0495 e. The second-order valence-electron chi connectivity index (χ2n) is 11.5. The Hall–Kier alpha value is -5.34. The molecule has 0 N–H and O–H groups in total. The SMILES string of the molecule is Cn1c2cc(-c3ccccc3)ccc2c2c3ccc4c(c3ccc21)c1ccc(-c2ccc3ccccc3c2)cc1n4C. The van der Waals surface area contributed by atoms with Crippen molar-refractivity contribution in [1.29, 1.82) is 0 Å². The normalized spacial score (nSPS) is 12.0. The molecule has 2 heteroatoms. The Morgan fingerprint density at radius 2 is 0.810 bits per heavy atom. The van der Waals surface area contributed by atoms with E-state index in [9.17, 15) is 0 Å². The van der Waals surface area contributed by atoms with Gasteiger partial charge in [-0.15, -0.1) is 0 Å². The van der Waals surface area contributed by atoms with Crippen LogP contribution >= 0.6 is 0 Å². The maximum Gasteiger partial charge on any atom is 0.0495 e. The predicted octanol–water partition coefficient (Wildman–Crippen LogP) is 10.6. The van der Waals surface area contributed by atoms with Gasteiger partial charge in [0.25, 0.3) is 0 Å². The molecule has 0 aliphatic carbocycles. The number of aromatic nitrogens is 2. The zero-order valence-corrected chi connectivity index (χ0v) is 23.6. The third kappa shape index (κ3) is 3.21. The van der Waals surface area contributed by atoms with E-state index in [0.29, 0.717) is 0 Å². The van der Waals surface area contributed by atoms with Crippen molar-refractivity contribution in [3.05, 3.63) is 133 Å². The van der Waals surface area contributed by atoms with Gasteiger partial charge in [0.05, 0.1) is 0 Å². The van der Waals surface area contributed by atoms with Crippen LogP contribution in [0.15, 0.2) is 133 Å². The molecule has 0 aliphatic heterocycles. The van der Waals surface area contributed by atoms with Gasteiger partial charge in [0.1, 0.15) is 0 Å². The summed E-state index contributed by atoms with van der Waals surface area (Å²) < 4.78 is 4.70. The van der Waals surface area contributed by atoms with Gasteiger partial charge in [-0.1, -0.05) is 103 Å². The molecule has 7 aromatic carbocycles. The highest BCUT2D eigenvalue weighted by Crippen LogP contribution is 2.41. The molecular weight excluding hydrogens is 508 g/mol. The molecule has 2 aromatic heterocycles. The van der Waals surface area contributed by atoms with Crippen molar-refractivity contribution >= 4 is 65.2 Å². The Bertz CT molecular complexity index is 2530. The highest BCUT2D eigenvalue weighted by Gasteiger charge is 2.17. The van der Waals surface area contributed by atoms with E-state index in [0.717, 1.165) is 0 Å². The highest BCUT2D eigenvalue weighted by molar-refractivity contribution is 6.29. The summed E-state index contributed by atoms with van der Waals surface area (Å²) in [6, 6.07) is 49.1. The highest BCUT2D eigenvalue weighted by atomic mass is 14.9. The third-order valence-corrected chi connectivity index (χ3v) is 9.33. The zero-order valence-electron chi connectivity index (χ0n) is 23.6. The fourth-order valence-corrected chi connectivity index (χ4v) is 7.17. The minimum atomic E-state index is 1.24. The van der Waals surface area contributed by atoms with Crippen molar-refractivity contribution in [2.24, 2.45) is 14.1 Å². The van der Waals surface area contributed by atoms with Gasteiger partial charge in [0.2, 0.25) is 0 Å². The number of aryl methyl sites for hydroxylation is 2. The summed E-state index contributed by atoms with van der Waals surface area (Å²) in [7, 11) is 4.39. The minimum absolute atomic E-state index is 1.24. The van der Waals surface area contributed by atoms with Crippen molar-refractivity contribution in [2.75, 3.05) is 0 Å². The lowest BCUT2D eigenvalue weighted by Crippen LogP contribution is -1.88. The fraction of sp³-hybridized carbons (Fsp3) is 0.0500. The largest absolute Gasteiger partial charge is 0.344 e. The Balaban J connectivity index is 1.28. The first kappa shape index (κ1) is 23.4. The Kier molecular flexibility index (Phi) is 4.77. The maximum absolute atomic E-state index is 2.36. The predicted molar refractivity (Wildman–Crippen MR) is 180 cm³/mol. The van der Waals surface area contributed by atoms with Gasteiger partial charge in [0.15, 0.2) is 0 Å². The molecule has 0 fully saturated rings. The second kappa shape index (κ2) is 8.58. The summed E-state index contributed by atoms with van der Waals surface area (Å²) in [4.78, 5) is 0. The fourth-order valence-electron chi connectivity index (χ4n) is 7.17. The van der Waals surface area contributed by atoms with E-state index in [1.165, 1.54) is 87.4 Å². The van der Waals surface area contributed by atoms with Crippen LogP contribution in [0, 0.1) is 0 Å². The number of benzene rings is 7. The minimum Gasteiger partial charge on any atom is -0.344 e. The average molecular weight is 537 g/mol. The van der Waals surface area contributed by atoms with Crippen molar-refractivity contribution < 1.29 is 0 Å². The summed E-state index contributed by atoms with van der Waals surface area (Å²) in [5.74, 6) is 0. The molecular formula is C40H28N2. The molecule has 42 heavy (non-hydrogen) atoms. The van der Waals surface area contributed by atoms with Gasteiger partial charge >= 0.3 is 0 Å². The van der Waals surface area contributed by atoms with E-state index >= 15 is 0 Å². The van der Waals surface area contributed by atoms with E-state index < -0.39 is 0 Å². The van der Waals surface area contributed by atoms with Crippen molar-refractivity contribution in [2.45, 2.75) is 0 Å². The van der Waals surface area contributed by atoms with Crippen LogP contribution in [0.4, 0.5) is 0 Å². The number of hydrogen-bond donors (Lipinski definition) is 0. The first-order valence-corrected chi connectivity index (χ1v) is 14.6. The number of fused-ring (bicyclic) bond motifs is 10. The van der Waals surface area contributed by atoms with E-state index in [-0.39, 0.29) is 0 Å². The molecule has 2 heterocycles. The van der Waals surface area contributed by atoms with Crippen LogP contribution in [0.25, 0.3) is 87.4 Å². The van der Waals surface area contributed by atoms with Gasteiger partial charge in [-0.05, 0) is 74.1 Å². The van der Waals surface area contributed by atoms with Crippen molar-refractivity contribution in [3.8, 4) is 22.3 Å². The molecule has 9 rings (SSSR count). The van der Waals surface area contributed by atoms with Crippen LogP contribution in [0.5, 0.6) is 0 Å². The van der Waals surface area contributed by atoms with Crippen LogP contribution in [0.1, 0.15) is 0 Å². The maximum atomic E-state index is 2.36. The summed E-state index contributed by atoms with van der Waals surface area (Å²) in [5.41, 5.74) is 10.0. The average Bonchev–Trinajstić information content (AvgIpc) is 3.51. The number of nitrogens with zero attached hydrogens (tertiary/aromatic N) is 2. The lowest BCUT2D eigenvalue weighted by molar-refractivity contribution is 1.01. The molecule has 0 saturated heterocycles. The third-order valence-electron chi connectivity index (χ3n) is 9.33. The monoisotopic (exact) mass is 536 g/mol. The van der Waals surface area contributed by atoms with E-state index in [1.807, 2.05) is 0 Å². The Morgan fingerprint density at radius 1 is 0.333 bits per heavy atom. The van der Waals surface area contributed by atoms with Gasteiger partial charge in [-0.25, -0.2) is 0 Å².